The molecule has 1 saturated carbocycles. The van der Waals surface area contributed by atoms with Crippen LogP contribution in [0.3, 0.4) is 0 Å². The van der Waals surface area contributed by atoms with Gasteiger partial charge in [0.1, 0.15) is 16.9 Å². The van der Waals surface area contributed by atoms with E-state index < -0.39 is 44.8 Å². The molecule has 4 amide bonds. The van der Waals surface area contributed by atoms with Crippen LogP contribution in [0.15, 0.2) is 46.8 Å². The molecule has 2 saturated heterocycles. The van der Waals surface area contributed by atoms with E-state index in [9.17, 15) is 36.0 Å². The summed E-state index contributed by atoms with van der Waals surface area (Å²) < 4.78 is 67.4. The number of aliphatic imine (C=N–C) groups is 1. The highest BCUT2D eigenvalue weighted by Crippen LogP contribution is 2.42. The first-order valence-corrected chi connectivity index (χ1v) is 16.2. The van der Waals surface area contributed by atoms with Gasteiger partial charge in [0, 0.05) is 29.7 Å². The molecule has 2 aromatic carbocycles. The number of carbonyl (C=O) groups excluding carboxylic acids is 3. The van der Waals surface area contributed by atoms with Crippen LogP contribution in [-0.2, 0) is 25.8 Å². The van der Waals surface area contributed by atoms with Crippen molar-refractivity contribution in [3.05, 3.63) is 69.6 Å². The minimum Gasteiger partial charge on any atom is -0.308 e. The number of nitrogens with one attached hydrogen (secondary N) is 2. The Morgan fingerprint density at radius 2 is 1.56 bits per heavy atom. The van der Waals surface area contributed by atoms with Gasteiger partial charge in [0.05, 0.1) is 5.56 Å². The number of anilines is 1. The zero-order valence-electron chi connectivity index (χ0n) is 24.7. The molecule has 0 aromatic heterocycles. The van der Waals surface area contributed by atoms with Crippen molar-refractivity contribution in [1.82, 2.24) is 14.9 Å². The first-order valence-electron chi connectivity index (χ1n) is 14.7. The Bertz CT molecular complexity index is 1750. The monoisotopic (exact) mass is 643 g/mol. The van der Waals surface area contributed by atoms with E-state index >= 15 is 0 Å². The second kappa shape index (κ2) is 10.8. The number of amides is 4. The zero-order chi connectivity index (χ0) is 32.4. The molecular formula is C31H32F3N5O5S. The molecule has 0 unspecified atom stereocenters. The molecule has 1 aliphatic carbocycles. The minimum absolute atomic E-state index is 0.00342. The molecule has 4 aliphatic rings. The molecule has 0 bridgehead atoms. The third-order valence-electron chi connectivity index (χ3n) is 9.30. The summed E-state index contributed by atoms with van der Waals surface area (Å²) in [6, 6.07) is 7.63. The third-order valence-corrected chi connectivity index (χ3v) is 10.9. The quantitative estimate of drug-likeness (QED) is 0.467. The number of amidine groups is 1. The summed E-state index contributed by atoms with van der Waals surface area (Å²) in [6.45, 7) is 3.61. The van der Waals surface area contributed by atoms with Crippen molar-refractivity contribution in [3.8, 4) is 0 Å². The molecule has 45 heavy (non-hydrogen) atoms. The van der Waals surface area contributed by atoms with E-state index in [2.05, 4.69) is 15.6 Å². The normalized spacial score (nSPS) is 21.7. The van der Waals surface area contributed by atoms with Crippen molar-refractivity contribution in [2.24, 2.45) is 4.99 Å². The average molecular weight is 644 g/mol. The highest BCUT2D eigenvalue weighted by molar-refractivity contribution is 7.92. The van der Waals surface area contributed by atoms with E-state index in [1.54, 1.807) is 12.1 Å². The van der Waals surface area contributed by atoms with Crippen LogP contribution in [0, 0.1) is 13.8 Å². The van der Waals surface area contributed by atoms with Gasteiger partial charge in [-0.25, -0.2) is 13.2 Å². The molecule has 2 spiro atoms. The molecule has 0 radical (unpaired) electrons. The Morgan fingerprint density at radius 3 is 2.18 bits per heavy atom. The Labute approximate surface area is 258 Å². The Morgan fingerprint density at radius 1 is 0.911 bits per heavy atom. The van der Waals surface area contributed by atoms with Crippen LogP contribution < -0.4 is 15.5 Å². The lowest BCUT2D eigenvalue weighted by Gasteiger charge is -2.34. The van der Waals surface area contributed by atoms with Crippen molar-refractivity contribution in [3.63, 3.8) is 0 Å². The van der Waals surface area contributed by atoms with Gasteiger partial charge in [-0.05, 0) is 86.6 Å². The van der Waals surface area contributed by atoms with Gasteiger partial charge in [-0.2, -0.15) is 17.5 Å². The molecule has 2 aromatic rings. The van der Waals surface area contributed by atoms with Crippen LogP contribution in [0.2, 0.25) is 0 Å². The first kappa shape index (κ1) is 31.0. The van der Waals surface area contributed by atoms with Crippen molar-refractivity contribution in [2.45, 2.75) is 69.6 Å². The Hall–Kier alpha value is -4.04. The van der Waals surface area contributed by atoms with Crippen LogP contribution in [0.4, 0.5) is 23.7 Å². The summed E-state index contributed by atoms with van der Waals surface area (Å²) in [5.74, 6) is -0.723. The SMILES string of the molecule is Cc1cc(N2C(=O)NC(=O)C23CCCC3)cc(C)c1/C=C/S(=O)(=O)N1CCC2(CC1)N=C(c1cccc(C(F)(F)F)c1)NC2=O. The van der Waals surface area contributed by atoms with E-state index in [0.29, 0.717) is 24.1 Å². The van der Waals surface area contributed by atoms with Gasteiger partial charge in [0.25, 0.3) is 11.8 Å². The molecule has 3 heterocycles. The molecule has 6 rings (SSSR count). The second-order valence-electron chi connectivity index (χ2n) is 12.1. The molecule has 3 aliphatic heterocycles. The van der Waals surface area contributed by atoms with Gasteiger partial charge in [-0.15, -0.1) is 0 Å². The van der Waals surface area contributed by atoms with Gasteiger partial charge in [-0.1, -0.05) is 25.0 Å². The van der Waals surface area contributed by atoms with Crippen molar-refractivity contribution in [1.29, 1.82) is 0 Å². The Balaban J connectivity index is 1.17. The number of rotatable bonds is 5. The summed E-state index contributed by atoms with van der Waals surface area (Å²) in [7, 11) is -3.90. The molecule has 0 atom stereocenters. The number of halogens is 3. The van der Waals surface area contributed by atoms with E-state index in [0.717, 1.165) is 41.5 Å². The standard InChI is InChI=1S/C31H32F3N5O5S/c1-19-16-23(39-28(42)36-27(41)30(39)9-3-4-10-30)17-20(2)24(19)8-15-45(43,44)38-13-11-29(12-14-38)26(40)35-25(37-29)21-6-5-7-22(18-21)31(32,33)34/h5-8,15-18H,3-4,9-14H2,1-2H3,(H,35,37,40)(H,36,41,42)/b15-8+. The lowest BCUT2D eigenvalue weighted by atomic mass is 9.89. The van der Waals surface area contributed by atoms with Crippen LogP contribution in [0.25, 0.3) is 6.08 Å². The maximum atomic E-state index is 13.3. The number of sulfonamides is 1. The summed E-state index contributed by atoms with van der Waals surface area (Å²) >= 11 is 0. The van der Waals surface area contributed by atoms with Gasteiger partial charge in [0.2, 0.25) is 10.0 Å². The maximum absolute atomic E-state index is 13.3. The molecule has 14 heteroatoms. The van der Waals surface area contributed by atoms with Crippen LogP contribution in [0.1, 0.15) is 66.3 Å². The molecular weight excluding hydrogens is 611 g/mol. The highest BCUT2D eigenvalue weighted by Gasteiger charge is 2.55. The molecule has 2 N–H and O–H groups in total. The largest absolute Gasteiger partial charge is 0.416 e. The van der Waals surface area contributed by atoms with Gasteiger partial charge in [0.15, 0.2) is 0 Å². The topological polar surface area (TPSA) is 128 Å². The fourth-order valence-electron chi connectivity index (χ4n) is 6.87. The van der Waals surface area contributed by atoms with Gasteiger partial charge in [-0.3, -0.25) is 24.8 Å². The third kappa shape index (κ3) is 5.33. The molecule has 10 nitrogen and oxygen atoms in total. The number of alkyl halides is 3. The number of carbonyl (C=O) groups is 3. The second-order valence-corrected chi connectivity index (χ2v) is 13.9. The summed E-state index contributed by atoms with van der Waals surface area (Å²) in [6.07, 6.45) is -0.0520. The Kier molecular flexibility index (Phi) is 7.43. The smallest absolute Gasteiger partial charge is 0.308 e. The predicted octanol–water partition coefficient (Wildman–Crippen LogP) is 4.40. The van der Waals surface area contributed by atoms with Gasteiger partial charge < -0.3 is 5.32 Å². The minimum atomic E-state index is -4.55. The summed E-state index contributed by atoms with van der Waals surface area (Å²) in [5.41, 5.74) is -0.190. The van der Waals surface area contributed by atoms with Crippen LogP contribution in [-0.4, -0.2) is 60.6 Å². The summed E-state index contributed by atoms with van der Waals surface area (Å²) in [5, 5.41) is 6.14. The fraction of sp³-hybridized carbons (Fsp3) is 0.419. The van der Waals surface area contributed by atoms with Crippen molar-refractivity contribution < 1.29 is 36.0 Å². The first-order chi connectivity index (χ1) is 21.2. The number of imide groups is 1. The number of hydrogen-bond donors (Lipinski definition) is 2. The van der Waals surface area contributed by atoms with Crippen molar-refractivity contribution >= 4 is 45.5 Å². The van der Waals surface area contributed by atoms with E-state index in [1.807, 2.05) is 13.8 Å². The van der Waals surface area contributed by atoms with Crippen LogP contribution >= 0.6 is 0 Å². The predicted molar refractivity (Wildman–Crippen MR) is 161 cm³/mol. The van der Waals surface area contributed by atoms with Gasteiger partial charge >= 0.3 is 12.2 Å². The number of urea groups is 1. The van der Waals surface area contributed by atoms with Crippen molar-refractivity contribution in [2.75, 3.05) is 18.0 Å². The fourth-order valence-corrected chi connectivity index (χ4v) is 8.04. The number of hydrogen-bond acceptors (Lipinski definition) is 6. The maximum Gasteiger partial charge on any atom is 0.416 e. The van der Waals surface area contributed by atoms with Crippen LogP contribution in [0.5, 0.6) is 0 Å². The van der Waals surface area contributed by atoms with E-state index in [4.69, 9.17) is 0 Å². The number of nitrogens with zero attached hydrogens (tertiary/aromatic N) is 3. The number of aryl methyl sites for hydroxylation is 2. The number of benzene rings is 2. The molecule has 238 valence electrons. The average Bonchev–Trinajstić information content (AvgIpc) is 3.65. The van der Waals surface area contributed by atoms with E-state index in [1.165, 1.54) is 27.4 Å². The van der Waals surface area contributed by atoms with E-state index in [-0.39, 0.29) is 43.2 Å². The number of piperidine rings is 1. The molecule has 3 fully saturated rings. The lowest BCUT2D eigenvalue weighted by Crippen LogP contribution is -2.50. The highest BCUT2D eigenvalue weighted by atomic mass is 32.2. The summed E-state index contributed by atoms with van der Waals surface area (Å²) in [4.78, 5) is 44.4. The zero-order valence-corrected chi connectivity index (χ0v) is 25.5. The lowest BCUT2D eigenvalue weighted by molar-refractivity contribution is -0.137.